The van der Waals surface area contributed by atoms with Crippen LogP contribution in [0.3, 0.4) is 0 Å². The molecule has 3 aromatic carbocycles. The molecule has 0 amide bonds. The van der Waals surface area contributed by atoms with Crippen molar-refractivity contribution in [2.75, 3.05) is 6.54 Å². The molecule has 0 radical (unpaired) electrons. The van der Waals surface area contributed by atoms with Crippen LogP contribution in [0.4, 0.5) is 0 Å². The number of nitrogens with zero attached hydrogens (tertiary/aromatic N) is 3. The van der Waals surface area contributed by atoms with E-state index in [2.05, 4.69) is 114 Å². The van der Waals surface area contributed by atoms with Crippen LogP contribution >= 0.6 is 0 Å². The number of rotatable bonds is 11. The van der Waals surface area contributed by atoms with Crippen LogP contribution in [0.1, 0.15) is 44.4 Å². The Morgan fingerprint density at radius 1 is 0.697 bits per heavy atom. The van der Waals surface area contributed by atoms with Gasteiger partial charge in [0.2, 0.25) is 0 Å². The Kier molecular flexibility index (Phi) is 8.10. The minimum absolute atomic E-state index is 0.888. The fourth-order valence-electron chi connectivity index (χ4n) is 4.40. The molecule has 0 unspecified atom stereocenters. The lowest BCUT2D eigenvalue weighted by Gasteiger charge is -2.24. The summed E-state index contributed by atoms with van der Waals surface area (Å²) in [6.07, 6.45) is 3.46. The largest absolute Gasteiger partial charge is 0.326 e. The summed E-state index contributed by atoms with van der Waals surface area (Å²) in [7, 11) is 0. The molecule has 4 aromatic rings. The SMILES string of the molecule is CCCCN(Cc1ccccc1)Cc1c(-c2ccccc2)nc(-c2ccccc2)n1CCC. The zero-order chi connectivity index (χ0) is 22.9. The molecule has 0 aliphatic rings. The van der Waals surface area contributed by atoms with Gasteiger partial charge in [0.15, 0.2) is 0 Å². The molecule has 0 saturated heterocycles. The van der Waals surface area contributed by atoms with Crippen LogP contribution in [0.15, 0.2) is 91.0 Å². The second kappa shape index (κ2) is 11.6. The fraction of sp³-hybridized carbons (Fsp3) is 0.300. The maximum absolute atomic E-state index is 5.25. The topological polar surface area (TPSA) is 21.1 Å². The molecule has 0 fully saturated rings. The first-order chi connectivity index (χ1) is 16.3. The molecule has 1 heterocycles. The van der Waals surface area contributed by atoms with Crippen LogP contribution in [0, 0.1) is 0 Å². The van der Waals surface area contributed by atoms with E-state index in [1.165, 1.54) is 35.2 Å². The quantitative estimate of drug-likeness (QED) is 0.243. The van der Waals surface area contributed by atoms with Gasteiger partial charge in [0.05, 0.1) is 11.4 Å². The molecule has 0 atom stereocenters. The van der Waals surface area contributed by atoms with Gasteiger partial charge >= 0.3 is 0 Å². The number of hydrogen-bond donors (Lipinski definition) is 0. The molecule has 33 heavy (non-hydrogen) atoms. The van der Waals surface area contributed by atoms with Crippen LogP contribution in [0.5, 0.6) is 0 Å². The summed E-state index contributed by atoms with van der Waals surface area (Å²) in [4.78, 5) is 7.83. The second-order valence-corrected chi connectivity index (χ2v) is 8.66. The number of aromatic nitrogens is 2. The summed E-state index contributed by atoms with van der Waals surface area (Å²) < 4.78 is 2.46. The first kappa shape index (κ1) is 23.0. The zero-order valence-corrected chi connectivity index (χ0v) is 20.0. The van der Waals surface area contributed by atoms with Crippen LogP contribution < -0.4 is 0 Å². The van der Waals surface area contributed by atoms with Crippen molar-refractivity contribution in [3.05, 3.63) is 102 Å². The van der Waals surface area contributed by atoms with E-state index in [0.717, 1.165) is 44.1 Å². The highest BCUT2D eigenvalue weighted by molar-refractivity contribution is 5.68. The molecule has 0 aliphatic carbocycles. The van der Waals surface area contributed by atoms with E-state index >= 15 is 0 Å². The van der Waals surface area contributed by atoms with E-state index < -0.39 is 0 Å². The highest BCUT2D eigenvalue weighted by atomic mass is 15.2. The molecular formula is C30H35N3. The number of benzene rings is 3. The van der Waals surface area contributed by atoms with Gasteiger partial charge in [-0.05, 0) is 24.9 Å². The Balaban J connectivity index is 1.79. The predicted molar refractivity (Wildman–Crippen MR) is 139 cm³/mol. The van der Waals surface area contributed by atoms with Crippen LogP contribution in [-0.2, 0) is 19.6 Å². The van der Waals surface area contributed by atoms with E-state index in [1.54, 1.807) is 0 Å². The molecule has 4 rings (SSSR count). The van der Waals surface area contributed by atoms with E-state index in [4.69, 9.17) is 4.98 Å². The normalized spacial score (nSPS) is 11.2. The van der Waals surface area contributed by atoms with Gasteiger partial charge in [-0.25, -0.2) is 4.98 Å². The van der Waals surface area contributed by atoms with E-state index in [9.17, 15) is 0 Å². The van der Waals surface area contributed by atoms with Crippen molar-refractivity contribution < 1.29 is 0 Å². The lowest BCUT2D eigenvalue weighted by atomic mass is 10.1. The van der Waals surface area contributed by atoms with Gasteiger partial charge in [-0.15, -0.1) is 0 Å². The lowest BCUT2D eigenvalue weighted by molar-refractivity contribution is 0.246. The van der Waals surface area contributed by atoms with Gasteiger partial charge in [-0.1, -0.05) is 111 Å². The minimum atomic E-state index is 0.888. The maximum Gasteiger partial charge on any atom is 0.140 e. The number of unbranched alkanes of at least 4 members (excludes halogenated alkanes) is 1. The first-order valence-corrected chi connectivity index (χ1v) is 12.3. The van der Waals surface area contributed by atoms with Crippen molar-refractivity contribution in [2.24, 2.45) is 0 Å². The van der Waals surface area contributed by atoms with E-state index in [-0.39, 0.29) is 0 Å². The Hall–Kier alpha value is -3.17. The molecule has 0 spiro atoms. The highest BCUT2D eigenvalue weighted by Gasteiger charge is 2.21. The number of hydrogen-bond acceptors (Lipinski definition) is 2. The average Bonchev–Trinajstić information content (AvgIpc) is 3.22. The van der Waals surface area contributed by atoms with Crippen molar-refractivity contribution in [3.8, 4) is 22.6 Å². The molecule has 3 nitrogen and oxygen atoms in total. The van der Waals surface area contributed by atoms with Gasteiger partial charge in [0.25, 0.3) is 0 Å². The lowest BCUT2D eigenvalue weighted by Crippen LogP contribution is -2.26. The fourth-order valence-corrected chi connectivity index (χ4v) is 4.40. The molecule has 0 aliphatic heterocycles. The zero-order valence-electron chi connectivity index (χ0n) is 20.0. The minimum Gasteiger partial charge on any atom is -0.326 e. The van der Waals surface area contributed by atoms with Crippen LogP contribution in [-0.4, -0.2) is 21.0 Å². The monoisotopic (exact) mass is 437 g/mol. The predicted octanol–water partition coefficient (Wildman–Crippen LogP) is 7.43. The molecular weight excluding hydrogens is 402 g/mol. The van der Waals surface area contributed by atoms with Gasteiger partial charge in [0.1, 0.15) is 5.82 Å². The van der Waals surface area contributed by atoms with Crippen LogP contribution in [0.2, 0.25) is 0 Å². The summed E-state index contributed by atoms with van der Waals surface area (Å²) in [6, 6.07) is 32.1. The standard InChI is InChI=1S/C30H35N3/c1-3-5-22-32(23-25-15-9-6-10-16-25)24-28-29(26-17-11-7-12-18-26)31-30(33(28)21-4-2)27-19-13-8-14-20-27/h6-20H,3-5,21-24H2,1-2H3. The summed E-state index contributed by atoms with van der Waals surface area (Å²) in [5, 5.41) is 0. The summed E-state index contributed by atoms with van der Waals surface area (Å²) in [5.74, 6) is 1.07. The molecule has 1 aromatic heterocycles. The van der Waals surface area contributed by atoms with Crippen LogP contribution in [0.25, 0.3) is 22.6 Å². The Bertz CT molecular complexity index is 1100. The molecule has 0 N–H and O–H groups in total. The molecule has 0 bridgehead atoms. The van der Waals surface area contributed by atoms with Crippen molar-refractivity contribution in [1.29, 1.82) is 0 Å². The van der Waals surface area contributed by atoms with Gasteiger partial charge in [-0.2, -0.15) is 0 Å². The molecule has 0 saturated carbocycles. The maximum atomic E-state index is 5.25. The third-order valence-electron chi connectivity index (χ3n) is 6.05. The summed E-state index contributed by atoms with van der Waals surface area (Å²) >= 11 is 0. The second-order valence-electron chi connectivity index (χ2n) is 8.66. The number of imidazole rings is 1. The first-order valence-electron chi connectivity index (χ1n) is 12.3. The molecule has 170 valence electrons. The van der Waals surface area contributed by atoms with Crippen molar-refractivity contribution in [3.63, 3.8) is 0 Å². The van der Waals surface area contributed by atoms with Gasteiger partial charge in [-0.3, -0.25) is 4.90 Å². The summed E-state index contributed by atoms with van der Waals surface area (Å²) in [6.45, 7) is 8.40. The third-order valence-corrected chi connectivity index (χ3v) is 6.05. The Labute approximate surface area is 198 Å². The highest BCUT2D eigenvalue weighted by Crippen LogP contribution is 2.31. The Morgan fingerprint density at radius 2 is 1.30 bits per heavy atom. The average molecular weight is 438 g/mol. The van der Waals surface area contributed by atoms with Gasteiger partial charge in [0, 0.05) is 30.8 Å². The van der Waals surface area contributed by atoms with Crippen molar-refractivity contribution in [1.82, 2.24) is 14.5 Å². The summed E-state index contributed by atoms with van der Waals surface area (Å²) in [5.41, 5.74) is 6.15. The van der Waals surface area contributed by atoms with Gasteiger partial charge < -0.3 is 4.57 Å². The smallest absolute Gasteiger partial charge is 0.140 e. The van der Waals surface area contributed by atoms with Crippen molar-refractivity contribution in [2.45, 2.75) is 52.7 Å². The third kappa shape index (κ3) is 5.80. The molecule has 3 heteroatoms. The van der Waals surface area contributed by atoms with Crippen molar-refractivity contribution >= 4 is 0 Å². The van der Waals surface area contributed by atoms with E-state index in [1.807, 2.05) is 0 Å². The van der Waals surface area contributed by atoms with E-state index in [0.29, 0.717) is 0 Å². The Morgan fingerprint density at radius 3 is 1.91 bits per heavy atom.